The number of rotatable bonds is 2. The zero-order valence-corrected chi connectivity index (χ0v) is 11.5. The number of esters is 1. The lowest BCUT2D eigenvalue weighted by Crippen LogP contribution is -2.05. The Morgan fingerprint density at radius 3 is 2.68 bits per heavy atom. The minimum Gasteiger partial charge on any atom is -0.465 e. The fourth-order valence-electron chi connectivity index (χ4n) is 2.44. The molecule has 2 heterocycles. The second-order valence-corrected chi connectivity index (χ2v) is 4.88. The summed E-state index contributed by atoms with van der Waals surface area (Å²) in [6, 6.07) is 17.2. The molecule has 4 rings (SSSR count). The third kappa shape index (κ3) is 2.11. The Hall–Kier alpha value is -3.14. The summed E-state index contributed by atoms with van der Waals surface area (Å²) in [5.41, 5.74) is 1.03. The van der Waals surface area contributed by atoms with Crippen molar-refractivity contribution in [1.29, 1.82) is 0 Å². The predicted octanol–water partition coefficient (Wildman–Crippen LogP) is 3.78. The fourth-order valence-corrected chi connectivity index (χ4v) is 2.44. The van der Waals surface area contributed by atoms with Crippen LogP contribution in [-0.2, 0) is 9.53 Å². The summed E-state index contributed by atoms with van der Waals surface area (Å²) in [4.78, 5) is 16.3. The molecule has 4 heteroatoms. The van der Waals surface area contributed by atoms with Crippen LogP contribution in [0.4, 0.5) is 0 Å². The average Bonchev–Trinajstić information content (AvgIpc) is 3.18. The quantitative estimate of drug-likeness (QED) is 0.533. The largest absolute Gasteiger partial charge is 0.465 e. The third-order valence-electron chi connectivity index (χ3n) is 3.46. The van der Waals surface area contributed by atoms with E-state index in [9.17, 15) is 4.79 Å². The SMILES string of the molecule is O=C1OC(c2cccc3ccccc23)=N/C1=C\c1ccco1. The van der Waals surface area contributed by atoms with Gasteiger partial charge >= 0.3 is 5.97 Å². The van der Waals surface area contributed by atoms with Gasteiger partial charge in [0.2, 0.25) is 5.90 Å². The van der Waals surface area contributed by atoms with Crippen molar-refractivity contribution in [1.82, 2.24) is 0 Å². The van der Waals surface area contributed by atoms with E-state index in [2.05, 4.69) is 4.99 Å². The summed E-state index contributed by atoms with van der Waals surface area (Å²) >= 11 is 0. The van der Waals surface area contributed by atoms with E-state index in [0.717, 1.165) is 16.3 Å². The van der Waals surface area contributed by atoms with Crippen molar-refractivity contribution in [2.75, 3.05) is 0 Å². The lowest BCUT2D eigenvalue weighted by molar-refractivity contribution is -0.129. The van der Waals surface area contributed by atoms with Crippen LogP contribution in [-0.4, -0.2) is 11.9 Å². The predicted molar refractivity (Wildman–Crippen MR) is 83.3 cm³/mol. The molecule has 0 aliphatic carbocycles. The van der Waals surface area contributed by atoms with Crippen LogP contribution >= 0.6 is 0 Å². The molecule has 0 fully saturated rings. The molecule has 0 atom stereocenters. The van der Waals surface area contributed by atoms with Crippen LogP contribution in [0.5, 0.6) is 0 Å². The summed E-state index contributed by atoms with van der Waals surface area (Å²) < 4.78 is 10.5. The van der Waals surface area contributed by atoms with E-state index in [1.165, 1.54) is 0 Å². The van der Waals surface area contributed by atoms with Gasteiger partial charge in [-0.3, -0.25) is 0 Å². The molecule has 0 spiro atoms. The van der Waals surface area contributed by atoms with Gasteiger partial charge in [-0.2, -0.15) is 0 Å². The van der Waals surface area contributed by atoms with E-state index in [1.54, 1.807) is 24.5 Å². The molecule has 0 saturated carbocycles. The zero-order chi connectivity index (χ0) is 14.9. The van der Waals surface area contributed by atoms with Crippen molar-refractivity contribution >= 4 is 28.7 Å². The number of aliphatic imine (C=N–C) groups is 1. The van der Waals surface area contributed by atoms with E-state index in [-0.39, 0.29) is 5.70 Å². The molecule has 106 valence electrons. The van der Waals surface area contributed by atoms with Crippen LogP contribution in [0.1, 0.15) is 11.3 Å². The lowest BCUT2D eigenvalue weighted by Gasteiger charge is -2.04. The van der Waals surface area contributed by atoms with Gasteiger partial charge in [0.1, 0.15) is 5.76 Å². The number of hydrogen-bond acceptors (Lipinski definition) is 4. The van der Waals surface area contributed by atoms with Crippen LogP contribution in [0.3, 0.4) is 0 Å². The number of nitrogens with zero attached hydrogens (tertiary/aromatic N) is 1. The van der Waals surface area contributed by atoms with Gasteiger partial charge in [0.05, 0.1) is 6.26 Å². The van der Waals surface area contributed by atoms with Crippen molar-refractivity contribution in [2.24, 2.45) is 4.99 Å². The highest BCUT2D eigenvalue weighted by Gasteiger charge is 2.25. The van der Waals surface area contributed by atoms with Crippen LogP contribution < -0.4 is 0 Å². The molecule has 3 aromatic rings. The highest BCUT2D eigenvalue weighted by atomic mass is 16.6. The molecule has 0 amide bonds. The Balaban J connectivity index is 1.81. The minimum atomic E-state index is -0.473. The maximum atomic E-state index is 12.0. The Morgan fingerprint density at radius 1 is 0.955 bits per heavy atom. The van der Waals surface area contributed by atoms with Crippen molar-refractivity contribution in [2.45, 2.75) is 0 Å². The number of carbonyl (C=O) groups is 1. The Kier molecular flexibility index (Phi) is 2.86. The maximum absolute atomic E-state index is 12.0. The van der Waals surface area contributed by atoms with Gasteiger partial charge in [-0.15, -0.1) is 0 Å². The van der Waals surface area contributed by atoms with Crippen LogP contribution in [0.15, 0.2) is 76.0 Å². The molecule has 0 radical (unpaired) electrons. The number of hydrogen-bond donors (Lipinski definition) is 0. The highest BCUT2D eigenvalue weighted by Crippen LogP contribution is 2.24. The van der Waals surface area contributed by atoms with Gasteiger partial charge in [0.15, 0.2) is 5.70 Å². The highest BCUT2D eigenvalue weighted by molar-refractivity contribution is 6.17. The van der Waals surface area contributed by atoms with E-state index in [1.807, 2.05) is 42.5 Å². The minimum absolute atomic E-state index is 0.234. The monoisotopic (exact) mass is 289 g/mol. The summed E-state index contributed by atoms with van der Waals surface area (Å²) in [5, 5.41) is 2.07. The number of carbonyl (C=O) groups excluding carboxylic acids is 1. The molecule has 0 bridgehead atoms. The summed E-state index contributed by atoms with van der Waals surface area (Å²) in [6.45, 7) is 0. The molecule has 1 aliphatic heterocycles. The average molecular weight is 289 g/mol. The Bertz CT molecular complexity index is 915. The molecular formula is C18H11NO3. The first-order valence-corrected chi connectivity index (χ1v) is 6.85. The second-order valence-electron chi connectivity index (χ2n) is 4.88. The van der Waals surface area contributed by atoms with Gasteiger partial charge in [-0.05, 0) is 29.0 Å². The van der Waals surface area contributed by atoms with Crippen molar-refractivity contribution < 1.29 is 13.9 Å². The number of benzene rings is 2. The number of furan rings is 1. The molecule has 0 N–H and O–H groups in total. The molecular weight excluding hydrogens is 278 g/mol. The number of fused-ring (bicyclic) bond motifs is 1. The first-order valence-electron chi connectivity index (χ1n) is 6.85. The summed E-state index contributed by atoms with van der Waals surface area (Å²) in [7, 11) is 0. The molecule has 22 heavy (non-hydrogen) atoms. The molecule has 0 unspecified atom stereocenters. The lowest BCUT2D eigenvalue weighted by atomic mass is 10.0. The number of cyclic esters (lactones) is 1. The first-order chi connectivity index (χ1) is 10.8. The van der Waals surface area contributed by atoms with Crippen molar-refractivity contribution in [3.8, 4) is 0 Å². The van der Waals surface area contributed by atoms with Gasteiger partial charge < -0.3 is 9.15 Å². The van der Waals surface area contributed by atoms with E-state index >= 15 is 0 Å². The van der Waals surface area contributed by atoms with Crippen LogP contribution in [0.25, 0.3) is 16.8 Å². The zero-order valence-electron chi connectivity index (χ0n) is 11.5. The Morgan fingerprint density at radius 2 is 1.82 bits per heavy atom. The fraction of sp³-hybridized carbons (Fsp3) is 0. The van der Waals surface area contributed by atoms with Gasteiger partial charge in [0, 0.05) is 11.6 Å². The topological polar surface area (TPSA) is 51.8 Å². The molecule has 4 nitrogen and oxygen atoms in total. The molecule has 1 aliphatic rings. The smallest absolute Gasteiger partial charge is 0.363 e. The Labute approximate surface area is 126 Å². The van der Waals surface area contributed by atoms with Crippen molar-refractivity contribution in [3.63, 3.8) is 0 Å². The maximum Gasteiger partial charge on any atom is 0.363 e. The van der Waals surface area contributed by atoms with Crippen LogP contribution in [0, 0.1) is 0 Å². The number of ether oxygens (including phenoxy) is 1. The second kappa shape index (κ2) is 5.00. The van der Waals surface area contributed by atoms with Gasteiger partial charge in [0.25, 0.3) is 0 Å². The standard InChI is InChI=1S/C18H11NO3/c20-18-16(11-13-7-4-10-21-13)19-17(22-18)15-9-3-6-12-5-1-2-8-14(12)15/h1-11H/b16-11-. The van der Waals surface area contributed by atoms with Gasteiger partial charge in [-0.25, -0.2) is 9.79 Å². The van der Waals surface area contributed by atoms with Crippen molar-refractivity contribution in [3.05, 3.63) is 77.9 Å². The first kappa shape index (κ1) is 12.6. The third-order valence-corrected chi connectivity index (χ3v) is 3.46. The summed E-state index contributed by atoms with van der Waals surface area (Å²) in [5.74, 6) is 0.411. The molecule has 2 aromatic carbocycles. The van der Waals surface area contributed by atoms with E-state index in [4.69, 9.17) is 9.15 Å². The van der Waals surface area contributed by atoms with E-state index < -0.39 is 5.97 Å². The summed E-state index contributed by atoms with van der Waals surface area (Å²) in [6.07, 6.45) is 3.11. The van der Waals surface area contributed by atoms with E-state index in [0.29, 0.717) is 11.7 Å². The van der Waals surface area contributed by atoms with Crippen LogP contribution in [0.2, 0.25) is 0 Å². The molecule has 0 saturated heterocycles. The normalized spacial score (nSPS) is 16.1. The molecule has 1 aromatic heterocycles. The van der Waals surface area contributed by atoms with Gasteiger partial charge in [-0.1, -0.05) is 36.4 Å².